The van der Waals surface area contributed by atoms with E-state index in [1.807, 2.05) is 63.4 Å². The molecule has 9 aromatic rings. The molecule has 0 aliphatic rings. The van der Waals surface area contributed by atoms with E-state index in [1.54, 1.807) is 0 Å². The molecule has 0 bridgehead atoms. The summed E-state index contributed by atoms with van der Waals surface area (Å²) in [5, 5.41) is 3.11. The average Bonchev–Trinajstić information content (AvgIpc) is 3.84. The number of para-hydroxylation sites is 3. The number of fused-ring (bicyclic) bond motifs is 4. The van der Waals surface area contributed by atoms with Crippen LogP contribution in [0.2, 0.25) is 19.6 Å². The molecule has 1 radical (unpaired) electrons. The fourth-order valence-electron chi connectivity index (χ4n) is 8.25. The third kappa shape index (κ3) is 9.49. The van der Waals surface area contributed by atoms with Gasteiger partial charge >= 0.3 is 0 Å². The van der Waals surface area contributed by atoms with Gasteiger partial charge in [-0.2, -0.15) is 0 Å². The van der Waals surface area contributed by atoms with Gasteiger partial charge in [-0.3, -0.25) is 4.98 Å². The molecule has 5 aromatic carbocycles. The maximum atomic E-state index is 8.69. The van der Waals surface area contributed by atoms with Gasteiger partial charge in [0.1, 0.15) is 0 Å². The van der Waals surface area contributed by atoms with Crippen molar-refractivity contribution in [3.05, 3.63) is 162 Å². The molecule has 0 atom stereocenters. The molecule has 0 saturated heterocycles. The predicted molar refractivity (Wildman–Crippen MR) is 268 cm³/mol. The van der Waals surface area contributed by atoms with Crippen molar-refractivity contribution in [2.75, 3.05) is 0 Å². The van der Waals surface area contributed by atoms with Gasteiger partial charge in [0.15, 0.2) is 0 Å². The fourth-order valence-corrected chi connectivity index (χ4v) is 9.66. The second kappa shape index (κ2) is 18.2. The van der Waals surface area contributed by atoms with Gasteiger partial charge in [0.2, 0.25) is 5.71 Å². The Balaban J connectivity index is 0.000000211. The minimum Gasteiger partial charge on any atom is -0.486 e. The van der Waals surface area contributed by atoms with Crippen LogP contribution in [0, 0.1) is 25.0 Å². The van der Waals surface area contributed by atoms with Crippen molar-refractivity contribution in [3.8, 4) is 39.5 Å². The van der Waals surface area contributed by atoms with Gasteiger partial charge in [-0.05, 0) is 76.3 Å². The third-order valence-corrected chi connectivity index (χ3v) is 13.5. The van der Waals surface area contributed by atoms with Crippen molar-refractivity contribution in [1.82, 2.24) is 19.5 Å². The van der Waals surface area contributed by atoms with E-state index in [2.05, 4.69) is 168 Å². The van der Waals surface area contributed by atoms with Gasteiger partial charge in [0.05, 0.1) is 36.2 Å². The number of nitrogens with zero attached hydrogens (tertiary/aromatic N) is 4. The predicted octanol–water partition coefficient (Wildman–Crippen LogP) is 14.6. The van der Waals surface area contributed by atoms with Crippen LogP contribution < -0.4 is 5.19 Å². The molecule has 0 spiro atoms. The molecule has 4 heterocycles. The number of aromatic nitrogens is 4. The zero-order chi connectivity index (χ0) is 46.6. The Kier molecular flexibility index (Phi) is 12.4. The Bertz CT molecular complexity index is 3190. The number of imidazole rings is 1. The first-order chi connectivity index (χ1) is 30.6. The summed E-state index contributed by atoms with van der Waals surface area (Å²) in [6.07, 6.45) is 0.531. The molecule has 0 fully saturated rings. The van der Waals surface area contributed by atoms with E-state index in [0.717, 1.165) is 83.3 Å². The number of aryl methyl sites for hydroxylation is 1. The number of benzene rings is 5. The Morgan fingerprint density at radius 3 is 2.19 bits per heavy atom. The topological polar surface area (TPSA) is 56.7 Å². The van der Waals surface area contributed by atoms with E-state index >= 15 is 0 Å². The van der Waals surface area contributed by atoms with E-state index in [4.69, 9.17) is 17.1 Å². The summed E-state index contributed by atoms with van der Waals surface area (Å²) in [5.41, 5.74) is 13.5. The van der Waals surface area contributed by atoms with Crippen LogP contribution in [0.1, 0.15) is 80.5 Å². The van der Waals surface area contributed by atoms with Crippen LogP contribution >= 0.6 is 0 Å². The molecule has 0 saturated carbocycles. The summed E-state index contributed by atoms with van der Waals surface area (Å²) >= 11 is 0. The van der Waals surface area contributed by atoms with Crippen LogP contribution in [0.25, 0.3) is 72.6 Å². The van der Waals surface area contributed by atoms with Gasteiger partial charge in [0.25, 0.3) is 0 Å². The van der Waals surface area contributed by atoms with Gasteiger partial charge < -0.3 is 14.0 Å². The quantitative estimate of drug-likeness (QED) is 0.118. The Morgan fingerprint density at radius 1 is 0.766 bits per heavy atom. The second-order valence-corrected chi connectivity index (χ2v) is 25.0. The summed E-state index contributed by atoms with van der Waals surface area (Å²) in [5.74, 6) is 0.698. The zero-order valence-electron chi connectivity index (χ0n) is 41.2. The SMILES string of the molecule is Cc1ccc2c(n1)oc1c(-c3nc4ccccc4n3-c3c(-c4ccccc4)cccc3C(C)(C)C)[c-]ccc12.[2H]C([2H])(c1cc(-c2[c-]ccc(C(C)(C)C)c2)ncc1[Si](C)(C)C)C(C)C.[Ir]. The van der Waals surface area contributed by atoms with Crippen molar-refractivity contribution < 1.29 is 27.3 Å². The van der Waals surface area contributed by atoms with Crippen LogP contribution in [0.4, 0.5) is 0 Å². The van der Waals surface area contributed by atoms with Crippen LogP contribution in [0.5, 0.6) is 0 Å². The Morgan fingerprint density at radius 2 is 1.48 bits per heavy atom. The number of hydrogen-bond acceptors (Lipinski definition) is 4. The maximum Gasteiger partial charge on any atom is 0.216 e. The molecule has 5 nitrogen and oxygen atoms in total. The van der Waals surface area contributed by atoms with E-state index in [-0.39, 0.29) is 36.9 Å². The molecule has 0 aliphatic carbocycles. The van der Waals surface area contributed by atoms with Crippen molar-refractivity contribution >= 4 is 46.4 Å². The number of pyridine rings is 2. The molecule has 4 aromatic heterocycles. The summed E-state index contributed by atoms with van der Waals surface area (Å²) in [4.78, 5) is 14.6. The van der Waals surface area contributed by atoms with Gasteiger partial charge in [0, 0.05) is 45.7 Å². The number of furan rings is 1. The van der Waals surface area contributed by atoms with Crippen LogP contribution in [0.3, 0.4) is 0 Å². The summed E-state index contributed by atoms with van der Waals surface area (Å²) in [6.45, 7) is 26.0. The van der Waals surface area contributed by atoms with Gasteiger partial charge in [-0.1, -0.05) is 158 Å². The molecular formula is C57H60IrN4OSi-2. The molecule has 0 unspecified atom stereocenters. The van der Waals surface area contributed by atoms with E-state index in [1.165, 1.54) is 11.1 Å². The molecule has 7 heteroatoms. The minimum atomic E-state index is -1.71. The minimum absolute atomic E-state index is 0. The van der Waals surface area contributed by atoms with E-state index in [0.29, 0.717) is 5.71 Å². The van der Waals surface area contributed by atoms with Gasteiger partial charge in [-0.25, -0.2) is 4.98 Å². The maximum absolute atomic E-state index is 8.69. The van der Waals surface area contributed by atoms with Crippen LogP contribution in [-0.2, 0) is 37.3 Å². The monoisotopic (exact) mass is 1040 g/mol. The molecule has 0 amide bonds. The summed E-state index contributed by atoms with van der Waals surface area (Å²) < 4.78 is 26.1. The van der Waals surface area contributed by atoms with E-state index in [9.17, 15) is 0 Å². The standard InChI is InChI=1S/C35H28N3O.C22H32NSi.Ir/c1-22-20-21-26-25-15-10-16-27(32(25)39-34(26)36-22)33-37-29-18-8-9-19-30(29)38(33)31-24(23-12-6-5-7-13-23)14-11-17-28(31)35(2,3)4;1-16(2)12-18-14-20(23-15-21(18)24(6,7)8)17-10-9-11-19(13-17)22(3,4)5;/h5-15,17-21H,1-4H3;9,11,13-16H,12H2,1-8H3;/q2*-1;/i;12D2;. The molecule has 0 aliphatic heterocycles. The van der Waals surface area contributed by atoms with Crippen LogP contribution in [-0.4, -0.2) is 27.6 Å². The summed E-state index contributed by atoms with van der Waals surface area (Å²) in [6, 6.07) is 48.5. The van der Waals surface area contributed by atoms with Gasteiger partial charge in [-0.15, -0.1) is 53.6 Å². The van der Waals surface area contributed by atoms with Crippen molar-refractivity contribution in [2.45, 2.75) is 99.2 Å². The Labute approximate surface area is 397 Å². The molecule has 64 heavy (non-hydrogen) atoms. The zero-order valence-corrected chi connectivity index (χ0v) is 42.6. The smallest absolute Gasteiger partial charge is 0.216 e. The average molecular weight is 1040 g/mol. The number of rotatable bonds is 7. The molecule has 0 N–H and O–H groups in total. The molecule has 9 rings (SSSR count). The van der Waals surface area contributed by atoms with Crippen molar-refractivity contribution in [3.63, 3.8) is 0 Å². The first-order valence-electron chi connectivity index (χ1n) is 23.1. The normalized spacial score (nSPS) is 12.8. The second-order valence-electron chi connectivity index (χ2n) is 20.0. The molecule has 329 valence electrons. The first-order valence-corrected chi connectivity index (χ1v) is 25.6. The fraction of sp³-hybridized carbons (Fsp3) is 0.281. The van der Waals surface area contributed by atoms with Crippen molar-refractivity contribution in [1.29, 1.82) is 0 Å². The largest absolute Gasteiger partial charge is 0.486 e. The first kappa shape index (κ1) is 43.8. The van der Waals surface area contributed by atoms with Crippen molar-refractivity contribution in [2.24, 2.45) is 5.92 Å². The molecular weight excluding hydrogens is 977 g/mol. The van der Waals surface area contributed by atoms with E-state index < -0.39 is 14.4 Å². The third-order valence-electron chi connectivity index (χ3n) is 11.5. The number of hydrogen-bond donors (Lipinski definition) is 0. The summed E-state index contributed by atoms with van der Waals surface area (Å²) in [7, 11) is -1.71. The van der Waals surface area contributed by atoms with Crippen LogP contribution in [0.15, 0.2) is 132 Å². The Hall–Kier alpha value is -5.46.